The maximum atomic E-state index is 13.9. The van der Waals surface area contributed by atoms with Crippen molar-refractivity contribution in [2.24, 2.45) is 10.7 Å². The highest BCUT2D eigenvalue weighted by Crippen LogP contribution is 2.24. The highest BCUT2D eigenvalue weighted by molar-refractivity contribution is 14.0. The SMILES string of the molecule is CCOCCCNC(N)=NCC(c1c(F)cccc1F)N(C)C.I. The van der Waals surface area contributed by atoms with Crippen LogP contribution in [0.1, 0.15) is 24.9 Å². The highest BCUT2D eigenvalue weighted by atomic mass is 127. The molecule has 0 aromatic heterocycles. The van der Waals surface area contributed by atoms with Gasteiger partial charge in [-0.1, -0.05) is 6.07 Å². The van der Waals surface area contributed by atoms with Crippen LogP contribution >= 0.6 is 24.0 Å². The smallest absolute Gasteiger partial charge is 0.188 e. The van der Waals surface area contributed by atoms with E-state index in [2.05, 4.69) is 10.3 Å². The molecule has 0 radical (unpaired) electrons. The lowest BCUT2D eigenvalue weighted by Gasteiger charge is -2.24. The summed E-state index contributed by atoms with van der Waals surface area (Å²) in [6.45, 7) is 4.07. The molecular formula is C16H27F2IN4O. The number of nitrogens with one attached hydrogen (secondary N) is 1. The first-order valence-electron chi connectivity index (χ1n) is 7.69. The molecule has 0 heterocycles. The van der Waals surface area contributed by atoms with E-state index < -0.39 is 17.7 Å². The largest absolute Gasteiger partial charge is 0.382 e. The van der Waals surface area contributed by atoms with Gasteiger partial charge in [0, 0.05) is 25.3 Å². The van der Waals surface area contributed by atoms with E-state index in [0.717, 1.165) is 6.42 Å². The van der Waals surface area contributed by atoms with Gasteiger partial charge in [-0.2, -0.15) is 0 Å². The molecule has 0 saturated heterocycles. The number of nitrogens with two attached hydrogens (primary N) is 1. The Labute approximate surface area is 159 Å². The van der Waals surface area contributed by atoms with Gasteiger partial charge in [-0.15, -0.1) is 24.0 Å². The first-order chi connectivity index (χ1) is 11.0. The van der Waals surface area contributed by atoms with Gasteiger partial charge in [0.2, 0.25) is 0 Å². The van der Waals surface area contributed by atoms with Crippen molar-refractivity contribution in [2.75, 3.05) is 40.4 Å². The third-order valence-corrected chi connectivity index (χ3v) is 3.37. The summed E-state index contributed by atoms with van der Waals surface area (Å²) in [5.41, 5.74) is 5.79. The number of halogens is 3. The van der Waals surface area contributed by atoms with Crippen LogP contribution in [-0.2, 0) is 4.74 Å². The van der Waals surface area contributed by atoms with Crippen molar-refractivity contribution in [3.63, 3.8) is 0 Å². The van der Waals surface area contributed by atoms with Crippen LogP contribution in [-0.4, -0.2) is 51.3 Å². The Morgan fingerprint density at radius 3 is 2.50 bits per heavy atom. The molecule has 0 aliphatic carbocycles. The van der Waals surface area contributed by atoms with Crippen molar-refractivity contribution < 1.29 is 13.5 Å². The Morgan fingerprint density at radius 1 is 1.33 bits per heavy atom. The molecule has 0 aliphatic rings. The standard InChI is InChI=1S/C16H26F2N4O.HI/c1-4-23-10-6-9-20-16(19)21-11-14(22(2)3)15-12(17)7-5-8-13(15)18;/h5,7-8,14H,4,6,9-11H2,1-3H3,(H3,19,20,21);1H. The molecule has 24 heavy (non-hydrogen) atoms. The van der Waals surface area contributed by atoms with Gasteiger partial charge in [0.15, 0.2) is 5.96 Å². The lowest BCUT2D eigenvalue weighted by atomic mass is 10.0. The van der Waals surface area contributed by atoms with E-state index in [1.54, 1.807) is 19.0 Å². The molecule has 5 nitrogen and oxygen atoms in total. The predicted molar refractivity (Wildman–Crippen MR) is 104 cm³/mol. The quantitative estimate of drug-likeness (QED) is 0.260. The number of hydrogen-bond donors (Lipinski definition) is 2. The average Bonchev–Trinajstić information content (AvgIpc) is 2.49. The summed E-state index contributed by atoms with van der Waals surface area (Å²) in [5.74, 6) is -0.908. The fraction of sp³-hybridized carbons (Fsp3) is 0.562. The van der Waals surface area contributed by atoms with Crippen LogP contribution in [0.25, 0.3) is 0 Å². The van der Waals surface area contributed by atoms with E-state index in [4.69, 9.17) is 10.5 Å². The molecule has 0 aliphatic heterocycles. The van der Waals surface area contributed by atoms with Crippen LogP contribution in [0.3, 0.4) is 0 Å². The summed E-state index contributed by atoms with van der Waals surface area (Å²) in [5, 5.41) is 2.96. The molecule has 1 aromatic carbocycles. The van der Waals surface area contributed by atoms with E-state index in [9.17, 15) is 8.78 Å². The van der Waals surface area contributed by atoms with Gasteiger partial charge in [-0.25, -0.2) is 8.78 Å². The second-order valence-electron chi connectivity index (χ2n) is 5.32. The highest BCUT2D eigenvalue weighted by Gasteiger charge is 2.21. The zero-order chi connectivity index (χ0) is 17.2. The molecule has 0 bridgehead atoms. The second-order valence-corrected chi connectivity index (χ2v) is 5.32. The predicted octanol–water partition coefficient (Wildman–Crippen LogP) is 2.52. The molecule has 0 amide bonds. The summed E-state index contributed by atoms with van der Waals surface area (Å²) in [7, 11) is 3.50. The molecule has 1 aromatic rings. The molecule has 1 atom stereocenters. The summed E-state index contributed by atoms with van der Waals surface area (Å²) in [4.78, 5) is 5.91. The first-order valence-corrected chi connectivity index (χ1v) is 7.69. The zero-order valence-corrected chi connectivity index (χ0v) is 16.7. The Hall–Kier alpha value is -1.000. The average molecular weight is 456 g/mol. The van der Waals surface area contributed by atoms with E-state index in [1.807, 2.05) is 6.92 Å². The van der Waals surface area contributed by atoms with Crippen molar-refractivity contribution >= 4 is 29.9 Å². The number of guanidine groups is 1. The van der Waals surface area contributed by atoms with Gasteiger partial charge >= 0.3 is 0 Å². The van der Waals surface area contributed by atoms with Crippen LogP contribution in [0, 0.1) is 11.6 Å². The lowest BCUT2D eigenvalue weighted by molar-refractivity contribution is 0.145. The topological polar surface area (TPSA) is 62.9 Å². The number of nitrogens with zero attached hydrogens (tertiary/aromatic N) is 2. The van der Waals surface area contributed by atoms with E-state index >= 15 is 0 Å². The molecule has 3 N–H and O–H groups in total. The van der Waals surface area contributed by atoms with Gasteiger partial charge in [-0.05, 0) is 39.6 Å². The number of likely N-dealkylation sites (N-methyl/N-ethyl adjacent to an activating group) is 1. The molecule has 0 spiro atoms. The fourth-order valence-corrected chi connectivity index (χ4v) is 2.12. The monoisotopic (exact) mass is 456 g/mol. The summed E-state index contributed by atoms with van der Waals surface area (Å²) in [6.07, 6.45) is 0.809. The number of aliphatic imine (C=N–C) groups is 1. The number of ether oxygens (including phenoxy) is 1. The van der Waals surface area contributed by atoms with Gasteiger partial charge in [0.1, 0.15) is 11.6 Å². The van der Waals surface area contributed by atoms with Crippen LogP contribution in [0.2, 0.25) is 0 Å². The minimum atomic E-state index is -0.581. The van der Waals surface area contributed by atoms with Crippen molar-refractivity contribution in [2.45, 2.75) is 19.4 Å². The number of benzene rings is 1. The van der Waals surface area contributed by atoms with Gasteiger partial charge in [0.25, 0.3) is 0 Å². The number of rotatable bonds is 9. The zero-order valence-electron chi connectivity index (χ0n) is 14.4. The van der Waals surface area contributed by atoms with Crippen LogP contribution in [0.15, 0.2) is 23.2 Å². The van der Waals surface area contributed by atoms with Crippen molar-refractivity contribution in [3.05, 3.63) is 35.4 Å². The molecule has 1 rings (SSSR count). The van der Waals surface area contributed by atoms with E-state index in [1.165, 1.54) is 18.2 Å². The van der Waals surface area contributed by atoms with Gasteiger partial charge in [-0.3, -0.25) is 4.99 Å². The molecule has 8 heteroatoms. The van der Waals surface area contributed by atoms with Gasteiger partial charge in [0.05, 0.1) is 12.6 Å². The van der Waals surface area contributed by atoms with Crippen LogP contribution in [0.5, 0.6) is 0 Å². The summed E-state index contributed by atoms with van der Waals surface area (Å²) >= 11 is 0. The fourth-order valence-electron chi connectivity index (χ4n) is 2.12. The third-order valence-electron chi connectivity index (χ3n) is 3.37. The lowest BCUT2D eigenvalue weighted by Crippen LogP contribution is -2.34. The van der Waals surface area contributed by atoms with E-state index in [0.29, 0.717) is 19.8 Å². The molecular weight excluding hydrogens is 429 g/mol. The van der Waals surface area contributed by atoms with Crippen molar-refractivity contribution in [1.29, 1.82) is 0 Å². The van der Waals surface area contributed by atoms with Crippen molar-refractivity contribution in [1.82, 2.24) is 10.2 Å². The summed E-state index contributed by atoms with van der Waals surface area (Å²) < 4.78 is 33.1. The molecule has 138 valence electrons. The summed E-state index contributed by atoms with van der Waals surface area (Å²) in [6, 6.07) is 3.31. The second kappa shape index (κ2) is 12.4. The molecule has 0 fully saturated rings. The first kappa shape index (κ1) is 23.0. The maximum absolute atomic E-state index is 13.9. The molecule has 0 saturated carbocycles. The van der Waals surface area contributed by atoms with Crippen molar-refractivity contribution in [3.8, 4) is 0 Å². The Balaban J connectivity index is 0.00000529. The minimum Gasteiger partial charge on any atom is -0.382 e. The van der Waals surface area contributed by atoms with Crippen LogP contribution in [0.4, 0.5) is 8.78 Å². The molecule has 1 unspecified atom stereocenters. The maximum Gasteiger partial charge on any atom is 0.188 e. The third kappa shape index (κ3) is 7.71. The van der Waals surface area contributed by atoms with Gasteiger partial charge < -0.3 is 20.7 Å². The van der Waals surface area contributed by atoms with E-state index in [-0.39, 0.29) is 42.0 Å². The number of hydrogen-bond acceptors (Lipinski definition) is 3. The normalized spacial score (nSPS) is 12.8. The Bertz CT molecular complexity index is 495. The Morgan fingerprint density at radius 2 is 1.96 bits per heavy atom. The van der Waals surface area contributed by atoms with Crippen LogP contribution < -0.4 is 11.1 Å². The Kier molecular flexibility index (Phi) is 11.9. The minimum absolute atomic E-state index is 0.